The Hall–Kier alpha value is -5.22. The predicted molar refractivity (Wildman–Crippen MR) is 208 cm³/mol. The number of pyridine rings is 1. The monoisotopic (exact) mass is 640 g/mol. The second kappa shape index (κ2) is 11.2. The third-order valence-electron chi connectivity index (χ3n) is 10.0. The fourth-order valence-electron chi connectivity index (χ4n) is 7.32. The van der Waals surface area contributed by atoms with Crippen LogP contribution in [0.25, 0.3) is 77.4 Å². The molecule has 0 saturated heterocycles. The maximum absolute atomic E-state index is 5.56. The van der Waals surface area contributed by atoms with Crippen LogP contribution in [0.15, 0.2) is 109 Å². The molecule has 5 aromatic carbocycles. The summed E-state index contributed by atoms with van der Waals surface area (Å²) < 4.78 is 2.42. The number of hydrogen-bond acceptors (Lipinski definition) is 2. The molecule has 3 heterocycles. The molecule has 0 unspecified atom stereocenters. The van der Waals surface area contributed by atoms with Gasteiger partial charge < -0.3 is 9.55 Å². The molecule has 4 heteroatoms. The zero-order chi connectivity index (χ0) is 34.2. The Bertz CT molecular complexity index is 2540. The lowest BCUT2D eigenvalue weighted by Crippen LogP contribution is -2.12. The zero-order valence-electron chi connectivity index (χ0n) is 29.8. The minimum atomic E-state index is -0.0376. The topological polar surface area (TPSA) is 46.5 Å². The molecule has 0 aliphatic heterocycles. The van der Waals surface area contributed by atoms with Crippen LogP contribution in [0.3, 0.4) is 0 Å². The van der Waals surface area contributed by atoms with E-state index in [0.29, 0.717) is 0 Å². The summed E-state index contributed by atoms with van der Waals surface area (Å²) in [6, 6.07) is 37.7. The normalized spacial score (nSPS) is 12.7. The smallest absolute Gasteiger partial charge is 0.143 e. The molecule has 4 nitrogen and oxygen atoms in total. The van der Waals surface area contributed by atoms with Crippen molar-refractivity contribution in [1.29, 1.82) is 0 Å². The molecule has 0 spiro atoms. The number of para-hydroxylation sites is 1. The van der Waals surface area contributed by atoms with E-state index in [1.807, 2.05) is 6.20 Å². The summed E-state index contributed by atoms with van der Waals surface area (Å²) in [6.45, 7) is 18.3. The van der Waals surface area contributed by atoms with E-state index in [2.05, 4.69) is 168 Å². The highest BCUT2D eigenvalue weighted by Crippen LogP contribution is 2.42. The number of rotatable bonds is 4. The first-order valence-corrected chi connectivity index (χ1v) is 17.4. The third-order valence-corrected chi connectivity index (χ3v) is 10.0. The Kier molecular flexibility index (Phi) is 7.08. The lowest BCUT2D eigenvalue weighted by Gasteiger charge is -2.22. The molecular weight excluding hydrogens is 597 g/mol. The van der Waals surface area contributed by atoms with Crippen molar-refractivity contribution in [1.82, 2.24) is 19.5 Å². The molecule has 0 aliphatic carbocycles. The molecule has 1 N–H and O–H groups in total. The van der Waals surface area contributed by atoms with E-state index < -0.39 is 0 Å². The molecule has 8 aromatic rings. The van der Waals surface area contributed by atoms with Gasteiger partial charge in [-0.15, -0.1) is 0 Å². The lowest BCUT2D eigenvalue weighted by molar-refractivity contribution is 0.590. The van der Waals surface area contributed by atoms with Crippen molar-refractivity contribution in [2.24, 2.45) is 0 Å². The quantitative estimate of drug-likeness (QED) is 0.208. The summed E-state index contributed by atoms with van der Waals surface area (Å²) >= 11 is 0. The summed E-state index contributed by atoms with van der Waals surface area (Å²) in [7, 11) is 0. The highest BCUT2D eigenvalue weighted by molar-refractivity contribution is 6.12. The van der Waals surface area contributed by atoms with E-state index in [9.17, 15) is 0 Å². The average molecular weight is 641 g/mol. The van der Waals surface area contributed by atoms with Crippen LogP contribution in [-0.2, 0) is 10.8 Å². The second-order valence-electron chi connectivity index (χ2n) is 15.9. The van der Waals surface area contributed by atoms with Gasteiger partial charge in [-0.1, -0.05) is 102 Å². The van der Waals surface area contributed by atoms with Crippen LogP contribution >= 0.6 is 0 Å². The Morgan fingerprint density at radius 1 is 0.633 bits per heavy atom. The number of nitrogens with one attached hydrogen (secondary N) is 1. The van der Waals surface area contributed by atoms with E-state index in [1.165, 1.54) is 27.3 Å². The molecule has 0 aliphatic rings. The molecule has 3 aromatic heterocycles. The fraction of sp³-hybridized carbons (Fsp3) is 0.244. The van der Waals surface area contributed by atoms with Crippen LogP contribution in [0, 0.1) is 0 Å². The molecule has 0 amide bonds. The lowest BCUT2D eigenvalue weighted by atomic mass is 9.84. The first kappa shape index (κ1) is 31.1. The van der Waals surface area contributed by atoms with Gasteiger partial charge in [-0.3, -0.25) is 4.98 Å². The Balaban J connectivity index is 1.38. The highest BCUT2D eigenvalue weighted by Gasteiger charge is 2.25. The summed E-state index contributed by atoms with van der Waals surface area (Å²) in [5, 5.41) is 4.86. The first-order chi connectivity index (χ1) is 23.4. The zero-order valence-corrected chi connectivity index (χ0v) is 29.8. The molecule has 0 radical (unpaired) electrons. The van der Waals surface area contributed by atoms with Gasteiger partial charge in [0.15, 0.2) is 0 Å². The number of hydrogen-bond donors (Lipinski definition) is 1. The molecule has 49 heavy (non-hydrogen) atoms. The Morgan fingerprint density at radius 3 is 2.14 bits per heavy atom. The summed E-state index contributed by atoms with van der Waals surface area (Å²) in [5.41, 5.74) is 12.6. The predicted octanol–water partition coefficient (Wildman–Crippen LogP) is 12.4. The molecule has 0 bridgehead atoms. The Morgan fingerprint density at radius 2 is 1.37 bits per heavy atom. The van der Waals surface area contributed by atoms with Crippen molar-refractivity contribution >= 4 is 43.6 Å². The average Bonchev–Trinajstić information content (AvgIpc) is 3.65. The van der Waals surface area contributed by atoms with Gasteiger partial charge in [-0.25, -0.2) is 4.98 Å². The van der Waals surface area contributed by atoms with Gasteiger partial charge in [0.05, 0.1) is 22.2 Å². The standard InChI is InChI=1S/C45H44N4/c1-27(2)49-39-18-12-17-34(29-14-11-15-30(23-29)40-33-16-10-9-13-28(33)21-22-46-40)42(39)48-43(49)37-26-32(45(6,7)8)25-36-35-24-31(44(3,4)5)19-20-38(35)47-41(36)37/h9-27,47H,1-8H3. The second-order valence-corrected chi connectivity index (χ2v) is 15.9. The van der Waals surface area contributed by atoms with Crippen LogP contribution < -0.4 is 0 Å². The number of imidazole rings is 1. The SMILES string of the molecule is CC(C)n1c(-c2cc(C(C)(C)C)cc3c2[nH]c2ccc(C(C)(C)C)cc23)nc2c(-c3cccc(-c4nccc5ccccc45)c3)cccc21. The molecular formula is C45H44N4. The van der Waals surface area contributed by atoms with E-state index in [1.54, 1.807) is 0 Å². The summed E-state index contributed by atoms with van der Waals surface area (Å²) in [6.07, 6.45) is 1.90. The maximum atomic E-state index is 5.56. The van der Waals surface area contributed by atoms with E-state index in [4.69, 9.17) is 9.97 Å². The number of aromatic nitrogens is 4. The van der Waals surface area contributed by atoms with E-state index >= 15 is 0 Å². The van der Waals surface area contributed by atoms with E-state index in [-0.39, 0.29) is 16.9 Å². The van der Waals surface area contributed by atoms with Gasteiger partial charge in [-0.2, -0.15) is 0 Å². The van der Waals surface area contributed by atoms with Crippen LogP contribution in [0.1, 0.15) is 72.6 Å². The van der Waals surface area contributed by atoms with Crippen molar-refractivity contribution < 1.29 is 0 Å². The Labute approximate surface area is 288 Å². The van der Waals surface area contributed by atoms with Crippen molar-refractivity contribution in [3.8, 4) is 33.8 Å². The van der Waals surface area contributed by atoms with Crippen LogP contribution in [0.2, 0.25) is 0 Å². The van der Waals surface area contributed by atoms with Gasteiger partial charge in [0.25, 0.3) is 0 Å². The fourth-order valence-corrected chi connectivity index (χ4v) is 7.32. The van der Waals surface area contributed by atoms with Crippen molar-refractivity contribution in [3.63, 3.8) is 0 Å². The van der Waals surface area contributed by atoms with Crippen molar-refractivity contribution in [2.45, 2.75) is 72.3 Å². The minimum absolute atomic E-state index is 0.0376. The highest BCUT2D eigenvalue weighted by atomic mass is 15.1. The molecule has 0 saturated carbocycles. The first-order valence-electron chi connectivity index (χ1n) is 17.4. The molecule has 244 valence electrons. The number of benzene rings is 5. The summed E-state index contributed by atoms with van der Waals surface area (Å²) in [5.74, 6) is 0.989. The van der Waals surface area contributed by atoms with Crippen molar-refractivity contribution in [2.75, 3.05) is 0 Å². The minimum Gasteiger partial charge on any atom is -0.354 e. The van der Waals surface area contributed by atoms with Gasteiger partial charge in [0, 0.05) is 50.6 Å². The van der Waals surface area contributed by atoms with Gasteiger partial charge in [0.1, 0.15) is 5.82 Å². The van der Waals surface area contributed by atoms with Gasteiger partial charge in [0.2, 0.25) is 0 Å². The van der Waals surface area contributed by atoms with E-state index in [0.717, 1.165) is 61.2 Å². The van der Waals surface area contributed by atoms with Crippen LogP contribution in [-0.4, -0.2) is 19.5 Å². The summed E-state index contributed by atoms with van der Waals surface area (Å²) in [4.78, 5) is 14.2. The molecule has 0 atom stereocenters. The number of aromatic amines is 1. The number of nitrogens with zero attached hydrogens (tertiary/aromatic N) is 3. The van der Waals surface area contributed by atoms with Gasteiger partial charge in [-0.05, 0) is 89.2 Å². The molecule has 0 fully saturated rings. The number of fused-ring (bicyclic) bond motifs is 5. The van der Waals surface area contributed by atoms with Gasteiger partial charge >= 0.3 is 0 Å². The van der Waals surface area contributed by atoms with Crippen LogP contribution in [0.4, 0.5) is 0 Å². The molecule has 8 rings (SSSR count). The third kappa shape index (κ3) is 5.22. The largest absolute Gasteiger partial charge is 0.354 e. The number of H-pyrrole nitrogens is 1. The maximum Gasteiger partial charge on any atom is 0.143 e. The van der Waals surface area contributed by atoms with Crippen molar-refractivity contribution in [3.05, 3.63) is 120 Å². The van der Waals surface area contributed by atoms with Crippen LogP contribution in [0.5, 0.6) is 0 Å².